The van der Waals surface area contributed by atoms with Crippen LogP contribution in [0.4, 0.5) is 0 Å². The first kappa shape index (κ1) is 18.3. The highest BCUT2D eigenvalue weighted by Gasteiger charge is 2.45. The third kappa shape index (κ3) is 3.74. The van der Waals surface area contributed by atoms with Crippen molar-refractivity contribution < 1.29 is 23.1 Å². The Morgan fingerprint density at radius 2 is 2.00 bits per heavy atom. The van der Waals surface area contributed by atoms with Crippen LogP contribution in [0, 0.1) is 0 Å². The standard InChI is InChI=1S/C14H17Cl2NO5S/c1-4-21-11-6-9(15)8(5-10(11)16)7-23(19,20)13-12(18)14(2,3)22-17-13/h5-6,12,18H,4,7H2,1-3H3. The quantitative estimate of drug-likeness (QED) is 0.866. The Morgan fingerprint density at radius 3 is 2.52 bits per heavy atom. The number of benzene rings is 1. The van der Waals surface area contributed by atoms with Gasteiger partial charge >= 0.3 is 0 Å². The highest BCUT2D eigenvalue weighted by Crippen LogP contribution is 2.33. The topological polar surface area (TPSA) is 85.2 Å². The van der Waals surface area contributed by atoms with Crippen molar-refractivity contribution in [2.45, 2.75) is 38.2 Å². The Hall–Kier alpha value is -1.02. The first-order valence-electron chi connectivity index (χ1n) is 6.86. The van der Waals surface area contributed by atoms with E-state index in [1.54, 1.807) is 20.8 Å². The van der Waals surface area contributed by atoms with Crippen molar-refractivity contribution in [2.24, 2.45) is 5.16 Å². The molecule has 6 nitrogen and oxygen atoms in total. The zero-order valence-electron chi connectivity index (χ0n) is 12.8. The van der Waals surface area contributed by atoms with Crippen LogP contribution in [0.5, 0.6) is 5.75 Å². The van der Waals surface area contributed by atoms with E-state index in [1.165, 1.54) is 12.1 Å². The fourth-order valence-corrected chi connectivity index (χ4v) is 4.12. The summed E-state index contributed by atoms with van der Waals surface area (Å²) < 4.78 is 30.2. The van der Waals surface area contributed by atoms with Crippen LogP contribution in [0.2, 0.25) is 10.0 Å². The fraction of sp³-hybridized carbons (Fsp3) is 0.500. The van der Waals surface area contributed by atoms with Crippen LogP contribution in [0.3, 0.4) is 0 Å². The van der Waals surface area contributed by atoms with Crippen molar-refractivity contribution in [1.82, 2.24) is 0 Å². The number of oxime groups is 1. The van der Waals surface area contributed by atoms with E-state index in [2.05, 4.69) is 5.16 Å². The summed E-state index contributed by atoms with van der Waals surface area (Å²) >= 11 is 12.2. The number of hydrogen-bond acceptors (Lipinski definition) is 6. The molecule has 2 rings (SSSR count). The van der Waals surface area contributed by atoms with E-state index < -0.39 is 32.3 Å². The summed E-state index contributed by atoms with van der Waals surface area (Å²) in [6.07, 6.45) is -1.34. The molecule has 1 unspecified atom stereocenters. The van der Waals surface area contributed by atoms with Gasteiger partial charge in [-0.1, -0.05) is 28.4 Å². The summed E-state index contributed by atoms with van der Waals surface area (Å²) in [6, 6.07) is 2.89. The SMILES string of the molecule is CCOc1cc(Cl)c(CS(=O)(=O)C2=NOC(C)(C)C2O)cc1Cl. The predicted octanol–water partition coefficient (Wildman–Crippen LogP) is 2.79. The summed E-state index contributed by atoms with van der Waals surface area (Å²) in [5.74, 6) is -0.0733. The van der Waals surface area contributed by atoms with E-state index >= 15 is 0 Å². The first-order chi connectivity index (χ1) is 10.6. The van der Waals surface area contributed by atoms with Crippen LogP contribution in [-0.4, -0.2) is 36.9 Å². The molecule has 0 radical (unpaired) electrons. The number of aliphatic hydroxyl groups excluding tert-OH is 1. The lowest BCUT2D eigenvalue weighted by atomic mass is 10.0. The molecule has 0 saturated carbocycles. The average molecular weight is 382 g/mol. The second-order valence-electron chi connectivity index (χ2n) is 5.59. The molecule has 0 aromatic heterocycles. The molecule has 128 valence electrons. The number of sulfone groups is 1. The van der Waals surface area contributed by atoms with Gasteiger partial charge in [0.05, 0.1) is 17.4 Å². The fourth-order valence-electron chi connectivity index (χ4n) is 2.01. The summed E-state index contributed by atoms with van der Waals surface area (Å²) in [4.78, 5) is 4.97. The minimum absolute atomic E-state index is 0.203. The molecule has 1 aromatic carbocycles. The third-order valence-corrected chi connectivity index (χ3v) is 5.60. The zero-order valence-corrected chi connectivity index (χ0v) is 15.2. The van der Waals surface area contributed by atoms with E-state index in [0.29, 0.717) is 17.9 Å². The number of hydrogen-bond donors (Lipinski definition) is 1. The van der Waals surface area contributed by atoms with Crippen LogP contribution in [0.25, 0.3) is 0 Å². The minimum atomic E-state index is -3.91. The molecule has 0 spiro atoms. The number of ether oxygens (including phenoxy) is 1. The van der Waals surface area contributed by atoms with Gasteiger partial charge in [-0.05, 0) is 32.4 Å². The molecule has 23 heavy (non-hydrogen) atoms. The molecule has 1 heterocycles. The first-order valence-corrected chi connectivity index (χ1v) is 9.27. The molecule has 9 heteroatoms. The molecular formula is C14H17Cl2NO5S. The molecule has 0 bridgehead atoms. The second kappa shape index (κ2) is 6.47. The summed E-state index contributed by atoms with van der Waals surface area (Å²) in [6.45, 7) is 5.29. The van der Waals surface area contributed by atoms with Crippen LogP contribution < -0.4 is 4.74 Å². The van der Waals surface area contributed by atoms with E-state index in [1.807, 2.05) is 0 Å². The normalized spacial score (nSPS) is 20.1. The molecule has 1 aromatic rings. The van der Waals surface area contributed by atoms with Gasteiger partial charge in [-0.25, -0.2) is 8.42 Å². The largest absolute Gasteiger partial charge is 0.492 e. The van der Waals surface area contributed by atoms with Crippen LogP contribution in [0.15, 0.2) is 17.3 Å². The van der Waals surface area contributed by atoms with Crippen LogP contribution in [-0.2, 0) is 20.4 Å². The van der Waals surface area contributed by atoms with Gasteiger partial charge in [-0.15, -0.1) is 0 Å². The van der Waals surface area contributed by atoms with Crippen molar-refractivity contribution in [1.29, 1.82) is 0 Å². The maximum absolute atomic E-state index is 12.5. The van der Waals surface area contributed by atoms with E-state index in [0.717, 1.165) is 0 Å². The van der Waals surface area contributed by atoms with Crippen LogP contribution in [0.1, 0.15) is 26.3 Å². The molecule has 0 aliphatic carbocycles. The smallest absolute Gasteiger partial charge is 0.204 e. The van der Waals surface area contributed by atoms with E-state index in [-0.39, 0.29) is 10.0 Å². The Balaban J connectivity index is 2.30. The maximum atomic E-state index is 12.5. The summed E-state index contributed by atoms with van der Waals surface area (Å²) in [5.41, 5.74) is -0.803. The molecule has 1 aliphatic rings. The van der Waals surface area contributed by atoms with Crippen molar-refractivity contribution in [3.8, 4) is 5.75 Å². The van der Waals surface area contributed by atoms with Gasteiger partial charge < -0.3 is 14.7 Å². The number of halogens is 2. The maximum Gasteiger partial charge on any atom is 0.204 e. The lowest BCUT2D eigenvalue weighted by Crippen LogP contribution is -2.40. The molecule has 1 aliphatic heterocycles. The van der Waals surface area contributed by atoms with E-state index in [4.69, 9.17) is 32.8 Å². The lowest BCUT2D eigenvalue weighted by Gasteiger charge is -2.19. The van der Waals surface area contributed by atoms with Crippen molar-refractivity contribution in [2.75, 3.05) is 6.61 Å². The van der Waals surface area contributed by atoms with Gasteiger partial charge in [0, 0.05) is 11.1 Å². The minimum Gasteiger partial charge on any atom is -0.492 e. The molecule has 0 fully saturated rings. The van der Waals surface area contributed by atoms with Gasteiger partial charge in [0.2, 0.25) is 14.9 Å². The van der Waals surface area contributed by atoms with Gasteiger partial charge in [0.15, 0.2) is 11.7 Å². The predicted molar refractivity (Wildman–Crippen MR) is 88.9 cm³/mol. The van der Waals surface area contributed by atoms with Crippen molar-refractivity contribution >= 4 is 38.1 Å². The molecular weight excluding hydrogens is 365 g/mol. The summed E-state index contributed by atoms with van der Waals surface area (Å²) in [5, 5.41) is 13.6. The molecule has 0 saturated heterocycles. The third-order valence-electron chi connectivity index (χ3n) is 3.33. The van der Waals surface area contributed by atoms with Gasteiger partial charge in [0.1, 0.15) is 5.75 Å². The van der Waals surface area contributed by atoms with Gasteiger partial charge in [-0.2, -0.15) is 0 Å². The van der Waals surface area contributed by atoms with Gasteiger partial charge in [-0.3, -0.25) is 0 Å². The monoisotopic (exact) mass is 381 g/mol. The Kier molecular flexibility index (Phi) is 5.15. The average Bonchev–Trinajstić information content (AvgIpc) is 2.71. The Morgan fingerprint density at radius 1 is 1.35 bits per heavy atom. The molecule has 1 N–H and O–H groups in total. The van der Waals surface area contributed by atoms with Crippen LogP contribution >= 0.6 is 23.2 Å². The van der Waals surface area contributed by atoms with Gasteiger partial charge in [0.25, 0.3) is 0 Å². The molecule has 1 atom stereocenters. The Labute approximate surface area is 144 Å². The number of aliphatic hydroxyl groups is 1. The van der Waals surface area contributed by atoms with Crippen molar-refractivity contribution in [3.63, 3.8) is 0 Å². The Bertz CT molecular complexity index is 746. The second-order valence-corrected chi connectivity index (χ2v) is 8.34. The van der Waals surface area contributed by atoms with E-state index in [9.17, 15) is 13.5 Å². The lowest BCUT2D eigenvalue weighted by molar-refractivity contribution is -0.0475. The zero-order chi connectivity index (χ0) is 17.4. The summed E-state index contributed by atoms with van der Waals surface area (Å²) in [7, 11) is -3.91. The molecule has 0 amide bonds. The van der Waals surface area contributed by atoms with Crippen molar-refractivity contribution in [3.05, 3.63) is 27.7 Å². The highest BCUT2D eigenvalue weighted by atomic mass is 35.5. The number of rotatable bonds is 4. The highest BCUT2D eigenvalue weighted by molar-refractivity contribution is 8.05. The number of nitrogens with zero attached hydrogens (tertiary/aromatic N) is 1.